The Morgan fingerprint density at radius 1 is 0.818 bits per heavy atom. The molecule has 0 aromatic rings. The SMILES string of the molecule is CC(C)(C)OC(=O)NCCCCCC(=O)NCCCC[C@@H](C(=O)O)N(CC(=O)O)CC(=O)O. The summed E-state index contributed by atoms with van der Waals surface area (Å²) in [4.78, 5) is 57.5. The number of carbonyl (C=O) groups is 5. The first-order valence-corrected chi connectivity index (χ1v) is 11.0. The number of unbranched alkanes of at least 4 members (excludes halogenated alkanes) is 3. The fourth-order valence-electron chi connectivity index (χ4n) is 2.96. The van der Waals surface area contributed by atoms with Crippen molar-refractivity contribution in [1.82, 2.24) is 15.5 Å². The molecular weight excluding hydrogens is 438 g/mol. The molecule has 0 aromatic heterocycles. The number of carbonyl (C=O) groups excluding carboxylic acids is 2. The van der Waals surface area contributed by atoms with Gasteiger partial charge in [-0.25, -0.2) is 4.79 Å². The quantitative estimate of drug-likeness (QED) is 0.192. The number of alkyl carbamates (subject to hydrolysis) is 1. The van der Waals surface area contributed by atoms with Crippen LogP contribution in [0.2, 0.25) is 0 Å². The molecule has 0 radical (unpaired) electrons. The van der Waals surface area contributed by atoms with Crippen molar-refractivity contribution in [3.63, 3.8) is 0 Å². The highest BCUT2D eigenvalue weighted by molar-refractivity contribution is 5.78. The summed E-state index contributed by atoms with van der Waals surface area (Å²) in [6.45, 7) is 4.77. The van der Waals surface area contributed by atoms with Gasteiger partial charge in [0.2, 0.25) is 5.91 Å². The van der Waals surface area contributed by atoms with Crippen LogP contribution in [0.25, 0.3) is 0 Å². The molecule has 12 nitrogen and oxygen atoms in total. The summed E-state index contributed by atoms with van der Waals surface area (Å²) in [7, 11) is 0. The van der Waals surface area contributed by atoms with Gasteiger partial charge < -0.3 is 30.7 Å². The first-order valence-electron chi connectivity index (χ1n) is 11.0. The minimum Gasteiger partial charge on any atom is -0.480 e. The van der Waals surface area contributed by atoms with Crippen molar-refractivity contribution < 1.29 is 44.0 Å². The van der Waals surface area contributed by atoms with Crippen LogP contribution in [0.3, 0.4) is 0 Å². The maximum Gasteiger partial charge on any atom is 0.407 e. The van der Waals surface area contributed by atoms with E-state index in [2.05, 4.69) is 10.6 Å². The lowest BCUT2D eigenvalue weighted by Crippen LogP contribution is -2.46. The van der Waals surface area contributed by atoms with Crippen LogP contribution in [0.5, 0.6) is 0 Å². The molecule has 0 aromatic carbocycles. The Morgan fingerprint density at radius 3 is 1.88 bits per heavy atom. The maximum atomic E-state index is 11.9. The highest BCUT2D eigenvalue weighted by Crippen LogP contribution is 2.10. The lowest BCUT2D eigenvalue weighted by Gasteiger charge is -2.25. The lowest BCUT2D eigenvalue weighted by atomic mass is 10.1. The normalized spacial score (nSPS) is 12.1. The van der Waals surface area contributed by atoms with E-state index in [-0.39, 0.29) is 12.3 Å². The second-order valence-corrected chi connectivity index (χ2v) is 8.63. The molecule has 0 bridgehead atoms. The highest BCUT2D eigenvalue weighted by atomic mass is 16.6. The summed E-state index contributed by atoms with van der Waals surface area (Å²) < 4.78 is 5.12. The third-order valence-corrected chi connectivity index (χ3v) is 4.38. The van der Waals surface area contributed by atoms with Crippen LogP contribution in [-0.4, -0.2) is 87.9 Å². The fourth-order valence-corrected chi connectivity index (χ4v) is 2.96. The number of hydrogen-bond acceptors (Lipinski definition) is 7. The van der Waals surface area contributed by atoms with Crippen molar-refractivity contribution >= 4 is 29.9 Å². The monoisotopic (exact) mass is 475 g/mol. The van der Waals surface area contributed by atoms with Crippen LogP contribution in [0.4, 0.5) is 4.79 Å². The number of carboxylic acid groups (broad SMARTS) is 3. The molecule has 12 heteroatoms. The molecule has 2 amide bonds. The lowest BCUT2D eigenvalue weighted by molar-refractivity contribution is -0.149. The molecular formula is C21H37N3O9. The van der Waals surface area contributed by atoms with Gasteiger partial charge in [0, 0.05) is 19.5 Å². The Balaban J connectivity index is 4.03. The van der Waals surface area contributed by atoms with Crippen molar-refractivity contribution in [1.29, 1.82) is 0 Å². The van der Waals surface area contributed by atoms with E-state index in [4.69, 9.17) is 14.9 Å². The van der Waals surface area contributed by atoms with Crippen LogP contribution in [0, 0.1) is 0 Å². The van der Waals surface area contributed by atoms with Gasteiger partial charge in [-0.15, -0.1) is 0 Å². The summed E-state index contributed by atoms with van der Waals surface area (Å²) in [5.41, 5.74) is -0.549. The van der Waals surface area contributed by atoms with Gasteiger partial charge >= 0.3 is 24.0 Å². The van der Waals surface area contributed by atoms with Gasteiger partial charge in [-0.05, 0) is 52.9 Å². The predicted octanol–water partition coefficient (Wildman–Crippen LogP) is 1.28. The van der Waals surface area contributed by atoms with E-state index in [0.29, 0.717) is 45.2 Å². The standard InChI is InChI=1S/C21H37N3O9/c1-21(2,3)33-20(32)23-12-7-4-5-10-16(25)22-11-8-6-9-15(19(30)31)24(13-17(26)27)14-18(28)29/h15H,4-14H2,1-3H3,(H,22,25)(H,23,32)(H,26,27)(H,28,29)(H,30,31)/t15-/m0/s1. The fraction of sp³-hybridized carbons (Fsp3) is 0.762. The average Bonchev–Trinajstić information content (AvgIpc) is 2.64. The second kappa shape index (κ2) is 15.8. The highest BCUT2D eigenvalue weighted by Gasteiger charge is 2.28. The summed E-state index contributed by atoms with van der Waals surface area (Å²) in [6.07, 6.45) is 2.90. The minimum atomic E-state index is -1.31. The van der Waals surface area contributed by atoms with Crippen molar-refractivity contribution in [3.8, 4) is 0 Å². The van der Waals surface area contributed by atoms with E-state index in [1.807, 2.05) is 0 Å². The Kier molecular flexibility index (Phi) is 14.5. The summed E-state index contributed by atoms with van der Waals surface area (Å²) >= 11 is 0. The molecule has 33 heavy (non-hydrogen) atoms. The molecule has 5 N–H and O–H groups in total. The van der Waals surface area contributed by atoms with Gasteiger partial charge in [-0.3, -0.25) is 24.1 Å². The van der Waals surface area contributed by atoms with Gasteiger partial charge in [0.05, 0.1) is 13.1 Å². The number of amides is 2. The molecule has 0 saturated heterocycles. The van der Waals surface area contributed by atoms with Gasteiger partial charge in [-0.2, -0.15) is 0 Å². The number of ether oxygens (including phenoxy) is 1. The van der Waals surface area contributed by atoms with E-state index >= 15 is 0 Å². The Hall–Kier alpha value is -2.89. The molecule has 190 valence electrons. The third-order valence-electron chi connectivity index (χ3n) is 4.38. The van der Waals surface area contributed by atoms with Crippen molar-refractivity contribution in [2.45, 2.75) is 77.4 Å². The van der Waals surface area contributed by atoms with Crippen LogP contribution in [0.15, 0.2) is 0 Å². The molecule has 0 rings (SSSR count). The number of carboxylic acids is 3. The molecule has 0 fully saturated rings. The van der Waals surface area contributed by atoms with Crippen LogP contribution in [-0.2, 0) is 23.9 Å². The van der Waals surface area contributed by atoms with Crippen molar-refractivity contribution in [2.24, 2.45) is 0 Å². The van der Waals surface area contributed by atoms with Crippen LogP contribution in [0.1, 0.15) is 65.7 Å². The van der Waals surface area contributed by atoms with Crippen molar-refractivity contribution in [3.05, 3.63) is 0 Å². The zero-order valence-corrected chi connectivity index (χ0v) is 19.6. The summed E-state index contributed by atoms with van der Waals surface area (Å²) in [6, 6.07) is -1.23. The third kappa shape index (κ3) is 17.4. The number of rotatable bonds is 17. The molecule has 0 unspecified atom stereocenters. The first-order chi connectivity index (χ1) is 15.3. The smallest absolute Gasteiger partial charge is 0.407 e. The molecule has 0 aliphatic rings. The number of aliphatic carboxylic acids is 3. The largest absolute Gasteiger partial charge is 0.480 e. The Bertz CT molecular complexity index is 646. The second-order valence-electron chi connectivity index (χ2n) is 8.63. The summed E-state index contributed by atoms with van der Waals surface area (Å²) in [5.74, 6) is -4.04. The van der Waals surface area contributed by atoms with Crippen LogP contribution < -0.4 is 10.6 Å². The topological polar surface area (TPSA) is 183 Å². The van der Waals surface area contributed by atoms with Crippen molar-refractivity contribution in [2.75, 3.05) is 26.2 Å². The zero-order chi connectivity index (χ0) is 25.4. The van der Waals surface area contributed by atoms with Gasteiger partial charge in [0.1, 0.15) is 11.6 Å². The average molecular weight is 476 g/mol. The molecule has 0 heterocycles. The van der Waals surface area contributed by atoms with E-state index in [1.165, 1.54) is 0 Å². The van der Waals surface area contributed by atoms with E-state index in [9.17, 15) is 29.1 Å². The zero-order valence-electron chi connectivity index (χ0n) is 19.6. The summed E-state index contributed by atoms with van der Waals surface area (Å²) in [5, 5.41) is 32.5. The first kappa shape index (κ1) is 30.1. The van der Waals surface area contributed by atoms with Crippen LogP contribution >= 0.6 is 0 Å². The molecule has 0 aliphatic carbocycles. The molecule has 1 atom stereocenters. The molecule has 0 spiro atoms. The van der Waals surface area contributed by atoms with Gasteiger partial charge in [0.15, 0.2) is 0 Å². The maximum absolute atomic E-state index is 11.9. The van der Waals surface area contributed by atoms with E-state index < -0.39 is 48.7 Å². The minimum absolute atomic E-state index is 0.0659. The molecule has 0 saturated carbocycles. The van der Waals surface area contributed by atoms with Gasteiger partial charge in [-0.1, -0.05) is 6.42 Å². The number of nitrogens with zero attached hydrogens (tertiary/aromatic N) is 1. The Labute approximate surface area is 193 Å². The van der Waals surface area contributed by atoms with E-state index in [0.717, 1.165) is 11.3 Å². The Morgan fingerprint density at radius 2 is 1.36 bits per heavy atom. The molecule has 0 aliphatic heterocycles. The van der Waals surface area contributed by atoms with Gasteiger partial charge in [0.25, 0.3) is 0 Å². The number of hydrogen-bond donors (Lipinski definition) is 5. The predicted molar refractivity (Wildman–Crippen MR) is 118 cm³/mol. The number of nitrogens with one attached hydrogen (secondary N) is 2. The van der Waals surface area contributed by atoms with E-state index in [1.54, 1.807) is 20.8 Å².